The molecule has 0 spiro atoms. The molecule has 1 N–H and O–H groups in total. The van der Waals surface area contributed by atoms with Crippen molar-refractivity contribution in [3.63, 3.8) is 0 Å². The molecule has 2 unspecified atom stereocenters. The van der Waals surface area contributed by atoms with Crippen LogP contribution in [0.5, 0.6) is 0 Å². The molecule has 2 fully saturated rings. The summed E-state index contributed by atoms with van der Waals surface area (Å²) in [7, 11) is 0. The van der Waals surface area contributed by atoms with Crippen molar-refractivity contribution in [3.8, 4) is 0 Å². The third-order valence-electron chi connectivity index (χ3n) is 2.95. The van der Waals surface area contributed by atoms with Crippen LogP contribution in [0.25, 0.3) is 0 Å². The van der Waals surface area contributed by atoms with E-state index in [1.54, 1.807) is 0 Å². The second-order valence-corrected chi connectivity index (χ2v) is 5.52. The second kappa shape index (κ2) is 5.35. The molecular formula is C10H20N2OS. The highest BCUT2D eigenvalue weighted by molar-refractivity contribution is 8.00. The fourth-order valence-electron chi connectivity index (χ4n) is 2.03. The summed E-state index contributed by atoms with van der Waals surface area (Å²) in [5, 5.41) is 4.24. The lowest BCUT2D eigenvalue weighted by molar-refractivity contribution is 0.0000574. The van der Waals surface area contributed by atoms with Gasteiger partial charge in [0.1, 0.15) is 0 Å². The molecule has 2 atom stereocenters. The summed E-state index contributed by atoms with van der Waals surface area (Å²) in [5.74, 6) is 1.27. The first kappa shape index (κ1) is 10.7. The summed E-state index contributed by atoms with van der Waals surface area (Å²) < 4.78 is 5.44. The van der Waals surface area contributed by atoms with Crippen molar-refractivity contribution in [1.29, 1.82) is 0 Å². The van der Waals surface area contributed by atoms with E-state index in [0.717, 1.165) is 25.0 Å². The van der Waals surface area contributed by atoms with Crippen LogP contribution in [0.3, 0.4) is 0 Å². The Hall–Kier alpha value is 0.230. The lowest BCUT2D eigenvalue weighted by Gasteiger charge is -2.36. The predicted molar refractivity (Wildman–Crippen MR) is 61.0 cm³/mol. The van der Waals surface area contributed by atoms with E-state index in [1.165, 1.54) is 25.4 Å². The largest absolute Gasteiger partial charge is 0.379 e. The van der Waals surface area contributed by atoms with Crippen LogP contribution in [0.15, 0.2) is 0 Å². The van der Waals surface area contributed by atoms with Gasteiger partial charge in [-0.05, 0) is 6.92 Å². The minimum atomic E-state index is 0.603. The molecule has 82 valence electrons. The van der Waals surface area contributed by atoms with Crippen LogP contribution in [0.2, 0.25) is 0 Å². The Labute approximate surface area is 90.6 Å². The highest BCUT2D eigenvalue weighted by Gasteiger charge is 2.23. The Kier molecular flexibility index (Phi) is 4.10. The van der Waals surface area contributed by atoms with Crippen LogP contribution < -0.4 is 5.32 Å². The lowest BCUT2D eigenvalue weighted by Crippen LogP contribution is -2.49. The van der Waals surface area contributed by atoms with Crippen molar-refractivity contribution in [2.75, 3.05) is 45.1 Å². The van der Waals surface area contributed by atoms with Gasteiger partial charge in [0.15, 0.2) is 0 Å². The maximum absolute atomic E-state index is 5.44. The number of ether oxygens (including phenoxy) is 1. The summed E-state index contributed by atoms with van der Waals surface area (Å²) >= 11 is 2.11. The average molecular weight is 216 g/mol. The number of rotatable bonds is 2. The van der Waals surface area contributed by atoms with Gasteiger partial charge in [-0.25, -0.2) is 0 Å². The van der Waals surface area contributed by atoms with Crippen molar-refractivity contribution >= 4 is 11.8 Å². The Morgan fingerprint density at radius 2 is 2.50 bits per heavy atom. The molecule has 0 aliphatic carbocycles. The summed E-state index contributed by atoms with van der Waals surface area (Å²) in [5.41, 5.74) is 0. The van der Waals surface area contributed by atoms with Gasteiger partial charge in [0.05, 0.1) is 13.2 Å². The highest BCUT2D eigenvalue weighted by Crippen LogP contribution is 2.17. The zero-order valence-corrected chi connectivity index (χ0v) is 9.68. The second-order valence-electron chi connectivity index (χ2n) is 4.12. The molecule has 3 nitrogen and oxygen atoms in total. The van der Waals surface area contributed by atoms with E-state index in [9.17, 15) is 0 Å². The predicted octanol–water partition coefficient (Wildman–Crippen LogP) is 0.412. The van der Waals surface area contributed by atoms with Crippen LogP contribution in [-0.2, 0) is 4.74 Å². The van der Waals surface area contributed by atoms with Gasteiger partial charge in [0.25, 0.3) is 0 Å². The first-order valence-corrected chi connectivity index (χ1v) is 6.55. The first-order chi connectivity index (χ1) is 6.86. The van der Waals surface area contributed by atoms with Gasteiger partial charge in [-0.15, -0.1) is 0 Å². The van der Waals surface area contributed by atoms with Crippen molar-refractivity contribution in [2.45, 2.75) is 18.2 Å². The molecule has 2 aliphatic heterocycles. The normalized spacial score (nSPS) is 35.8. The van der Waals surface area contributed by atoms with Crippen molar-refractivity contribution < 1.29 is 4.74 Å². The molecule has 0 aromatic carbocycles. The topological polar surface area (TPSA) is 24.5 Å². The molecule has 2 heterocycles. The smallest absolute Gasteiger partial charge is 0.0619 e. The standard InChI is InChI=1S/C10H20N2OS/c1-9-8-13-4-3-12(9)7-10-6-11-2-5-14-10/h9-11H,2-8H2,1H3. The van der Waals surface area contributed by atoms with Gasteiger partial charge >= 0.3 is 0 Å². The van der Waals surface area contributed by atoms with E-state index in [-0.39, 0.29) is 0 Å². The molecule has 0 aromatic rings. The highest BCUT2D eigenvalue weighted by atomic mass is 32.2. The molecule has 2 rings (SSSR count). The average Bonchev–Trinajstić information content (AvgIpc) is 2.23. The van der Waals surface area contributed by atoms with Crippen LogP contribution in [-0.4, -0.2) is 61.3 Å². The van der Waals surface area contributed by atoms with Crippen LogP contribution in [0.1, 0.15) is 6.92 Å². The quantitative estimate of drug-likeness (QED) is 0.723. The molecule has 0 saturated carbocycles. The molecule has 4 heteroatoms. The Balaban J connectivity index is 1.76. The molecule has 2 saturated heterocycles. The maximum atomic E-state index is 5.44. The SMILES string of the molecule is CC1COCCN1CC1CNCCS1. The van der Waals surface area contributed by atoms with Crippen molar-refractivity contribution in [2.24, 2.45) is 0 Å². The fraction of sp³-hybridized carbons (Fsp3) is 1.00. The van der Waals surface area contributed by atoms with Gasteiger partial charge in [0, 0.05) is 43.2 Å². The molecular weight excluding hydrogens is 196 g/mol. The van der Waals surface area contributed by atoms with Crippen LogP contribution >= 0.6 is 11.8 Å². The third kappa shape index (κ3) is 2.86. The van der Waals surface area contributed by atoms with Crippen LogP contribution in [0.4, 0.5) is 0 Å². The number of hydrogen-bond donors (Lipinski definition) is 1. The minimum absolute atomic E-state index is 0.603. The molecule has 14 heavy (non-hydrogen) atoms. The van der Waals surface area contributed by atoms with Gasteiger partial charge < -0.3 is 10.1 Å². The monoisotopic (exact) mass is 216 g/mol. The van der Waals surface area contributed by atoms with E-state index < -0.39 is 0 Å². The van der Waals surface area contributed by atoms with Gasteiger partial charge in [-0.2, -0.15) is 11.8 Å². The zero-order chi connectivity index (χ0) is 9.80. The molecule has 2 aliphatic rings. The summed E-state index contributed by atoms with van der Waals surface area (Å²) in [4.78, 5) is 2.56. The van der Waals surface area contributed by atoms with Gasteiger partial charge in [-0.1, -0.05) is 0 Å². The van der Waals surface area contributed by atoms with Crippen molar-refractivity contribution in [1.82, 2.24) is 10.2 Å². The number of nitrogens with zero attached hydrogens (tertiary/aromatic N) is 1. The molecule has 0 bridgehead atoms. The van der Waals surface area contributed by atoms with E-state index in [4.69, 9.17) is 4.74 Å². The number of hydrogen-bond acceptors (Lipinski definition) is 4. The third-order valence-corrected chi connectivity index (χ3v) is 4.17. The Morgan fingerprint density at radius 3 is 3.21 bits per heavy atom. The Morgan fingerprint density at radius 1 is 1.57 bits per heavy atom. The first-order valence-electron chi connectivity index (χ1n) is 5.50. The molecule has 0 amide bonds. The number of morpholine rings is 1. The van der Waals surface area contributed by atoms with E-state index >= 15 is 0 Å². The van der Waals surface area contributed by atoms with E-state index in [0.29, 0.717) is 6.04 Å². The maximum Gasteiger partial charge on any atom is 0.0619 e. The summed E-state index contributed by atoms with van der Waals surface area (Å²) in [6.07, 6.45) is 0. The lowest BCUT2D eigenvalue weighted by atomic mass is 10.2. The number of thioether (sulfide) groups is 1. The molecule has 0 aromatic heterocycles. The molecule has 0 radical (unpaired) electrons. The van der Waals surface area contributed by atoms with E-state index in [2.05, 4.69) is 28.9 Å². The zero-order valence-electron chi connectivity index (χ0n) is 8.87. The fourth-order valence-corrected chi connectivity index (χ4v) is 3.16. The Bertz CT molecular complexity index is 174. The summed E-state index contributed by atoms with van der Waals surface area (Å²) in [6.45, 7) is 8.77. The minimum Gasteiger partial charge on any atom is -0.379 e. The van der Waals surface area contributed by atoms with Gasteiger partial charge in [0.2, 0.25) is 0 Å². The van der Waals surface area contributed by atoms with Gasteiger partial charge in [-0.3, -0.25) is 4.90 Å². The number of nitrogens with one attached hydrogen (secondary N) is 1. The van der Waals surface area contributed by atoms with Crippen LogP contribution in [0, 0.1) is 0 Å². The summed E-state index contributed by atoms with van der Waals surface area (Å²) in [6, 6.07) is 0.603. The van der Waals surface area contributed by atoms with Crippen molar-refractivity contribution in [3.05, 3.63) is 0 Å². The van der Waals surface area contributed by atoms with E-state index in [1.807, 2.05) is 0 Å².